The molecule has 4 aromatic heterocycles. The van der Waals surface area contributed by atoms with E-state index in [9.17, 15) is 4.39 Å². The smallest absolute Gasteiger partial charge is 0.224 e. The number of fused-ring (bicyclic) bond motifs is 1. The van der Waals surface area contributed by atoms with E-state index in [2.05, 4.69) is 78.9 Å². The number of rotatable bonds is 8. The number of piperazine rings is 1. The van der Waals surface area contributed by atoms with Gasteiger partial charge >= 0.3 is 0 Å². The van der Waals surface area contributed by atoms with E-state index >= 15 is 0 Å². The van der Waals surface area contributed by atoms with Gasteiger partial charge in [0.25, 0.3) is 0 Å². The molecular weight excluding hydrogens is 593 g/mol. The van der Waals surface area contributed by atoms with Gasteiger partial charge in [-0.1, -0.05) is 26.2 Å². The third-order valence-electron chi connectivity index (χ3n) is 7.39. The minimum atomic E-state index is -0.430. The topological polar surface area (TPSA) is 119 Å². The molecule has 11 heteroatoms. The summed E-state index contributed by atoms with van der Waals surface area (Å²) < 4.78 is 20.5. The van der Waals surface area contributed by atoms with Crippen LogP contribution in [-0.2, 0) is 0 Å². The molecule has 0 amide bonds. The lowest BCUT2D eigenvalue weighted by Crippen LogP contribution is -2.43. The molecule has 0 aliphatic carbocycles. The van der Waals surface area contributed by atoms with Gasteiger partial charge in [-0.3, -0.25) is 0 Å². The van der Waals surface area contributed by atoms with E-state index in [1.165, 1.54) is 18.4 Å². The average Bonchev–Trinajstić information content (AvgIpc) is 3.61. The summed E-state index contributed by atoms with van der Waals surface area (Å²) in [6.07, 6.45) is 6.49. The molecule has 0 bridgehead atoms. The first-order chi connectivity index (χ1) is 22.7. The summed E-state index contributed by atoms with van der Waals surface area (Å²) >= 11 is 0. The van der Waals surface area contributed by atoms with Crippen LogP contribution < -0.4 is 36.2 Å². The van der Waals surface area contributed by atoms with E-state index in [4.69, 9.17) is 4.74 Å². The Hall–Kier alpha value is -5.16. The molecule has 47 heavy (non-hydrogen) atoms. The van der Waals surface area contributed by atoms with Crippen LogP contribution >= 0.6 is 0 Å². The molecule has 0 unspecified atom stereocenters. The number of benzene rings is 1. The van der Waals surface area contributed by atoms with Crippen LogP contribution in [0.25, 0.3) is 24.1 Å². The van der Waals surface area contributed by atoms with E-state index in [0.29, 0.717) is 17.0 Å². The molecule has 0 radical (unpaired) electrons. The van der Waals surface area contributed by atoms with Crippen molar-refractivity contribution in [1.29, 1.82) is 0 Å². The van der Waals surface area contributed by atoms with Gasteiger partial charge in [0, 0.05) is 72.1 Å². The molecule has 248 valence electrons. The van der Waals surface area contributed by atoms with E-state index < -0.39 is 5.82 Å². The van der Waals surface area contributed by atoms with Crippen molar-refractivity contribution in [1.82, 2.24) is 35.6 Å². The number of pyridine rings is 1. The summed E-state index contributed by atoms with van der Waals surface area (Å²) in [5, 5.41) is 12.1. The van der Waals surface area contributed by atoms with Gasteiger partial charge < -0.3 is 35.6 Å². The lowest BCUT2D eigenvalue weighted by atomic mass is 10.2. The number of nitrogens with zero attached hydrogens (tertiary/aromatic N) is 4. The van der Waals surface area contributed by atoms with Crippen LogP contribution in [0.4, 0.5) is 21.7 Å². The van der Waals surface area contributed by atoms with Gasteiger partial charge in [0.15, 0.2) is 11.6 Å². The third-order valence-corrected chi connectivity index (χ3v) is 7.39. The van der Waals surface area contributed by atoms with Crippen molar-refractivity contribution in [3.8, 4) is 11.6 Å². The van der Waals surface area contributed by atoms with Crippen LogP contribution in [0, 0.1) is 19.7 Å². The van der Waals surface area contributed by atoms with Gasteiger partial charge in [-0.15, -0.1) is 0 Å². The first-order valence-electron chi connectivity index (χ1n) is 15.8. The van der Waals surface area contributed by atoms with Gasteiger partial charge in [0.05, 0.1) is 11.9 Å². The van der Waals surface area contributed by atoms with Crippen LogP contribution in [-0.4, -0.2) is 57.6 Å². The Bertz CT molecular complexity index is 1830. The lowest BCUT2D eigenvalue weighted by molar-refractivity contribution is 0.430. The maximum absolute atomic E-state index is 14.8. The lowest BCUT2D eigenvalue weighted by Gasteiger charge is -2.29. The summed E-state index contributed by atoms with van der Waals surface area (Å²) in [5.74, 6) is 1.07. The zero-order valence-corrected chi connectivity index (χ0v) is 28.0. The Morgan fingerprint density at radius 3 is 2.38 bits per heavy atom. The van der Waals surface area contributed by atoms with Crippen molar-refractivity contribution in [2.75, 3.05) is 42.9 Å². The zero-order valence-electron chi connectivity index (χ0n) is 28.0. The molecular formula is C36H46FN9O. The second kappa shape index (κ2) is 17.0. The molecule has 1 aliphatic heterocycles. The van der Waals surface area contributed by atoms with E-state index in [1.807, 2.05) is 45.2 Å². The van der Waals surface area contributed by atoms with E-state index in [-0.39, 0.29) is 11.6 Å². The molecule has 5 N–H and O–H groups in total. The highest BCUT2D eigenvalue weighted by molar-refractivity contribution is 5.82. The van der Waals surface area contributed by atoms with Crippen molar-refractivity contribution < 1.29 is 9.13 Å². The Balaban J connectivity index is 0.000000257. The number of H-pyrrole nitrogens is 2. The van der Waals surface area contributed by atoms with Crippen LogP contribution in [0.2, 0.25) is 0 Å². The second-order valence-electron chi connectivity index (χ2n) is 11.3. The number of hydrogen-bond acceptors (Lipinski definition) is 8. The maximum atomic E-state index is 14.8. The van der Waals surface area contributed by atoms with Crippen molar-refractivity contribution in [2.24, 2.45) is 0 Å². The first kappa shape index (κ1) is 34.7. The van der Waals surface area contributed by atoms with Gasteiger partial charge in [-0.05, 0) is 75.7 Å². The molecule has 10 nitrogen and oxygen atoms in total. The highest BCUT2D eigenvalue weighted by atomic mass is 19.1. The highest BCUT2D eigenvalue weighted by Gasteiger charge is 2.13. The Labute approximate surface area is 275 Å². The highest BCUT2D eigenvalue weighted by Crippen LogP contribution is 2.30. The molecule has 5 aromatic rings. The molecule has 6 rings (SSSR count). The molecule has 5 heterocycles. The number of aryl methyl sites for hydroxylation is 2. The van der Waals surface area contributed by atoms with E-state index in [1.54, 1.807) is 24.3 Å². The van der Waals surface area contributed by atoms with Crippen molar-refractivity contribution in [2.45, 2.75) is 41.0 Å². The van der Waals surface area contributed by atoms with Crippen LogP contribution in [0.15, 0.2) is 66.8 Å². The number of anilines is 3. The summed E-state index contributed by atoms with van der Waals surface area (Å²) in [6.45, 7) is 22.6. The predicted octanol–water partition coefficient (Wildman–Crippen LogP) is 5.80. The number of aromatic amines is 2. The third kappa shape index (κ3) is 10.2. The fourth-order valence-corrected chi connectivity index (χ4v) is 4.77. The standard InChI is InChI=1S/C22H22FN7O.C7H9N.C7H15N/c1-14-10-16-17(28-14)3-4-18(22(16)23)31-21-11-20(26-13-27-21)29-19-5-2-15(12-25-19)30-8-6-24-7-9-30;1-5-4-6(2)8-7(5)3;1-4-6-8-7(3)5-2/h2-5,10-13,24,28H,6-9H2,1H3,(H,25,26,27,29);4,8H,1,3H2,2H3;5,8H,4,6H2,1-3H3/b;;7-5+. The van der Waals surface area contributed by atoms with Gasteiger partial charge in [-0.25, -0.2) is 19.3 Å². The summed E-state index contributed by atoms with van der Waals surface area (Å²) in [7, 11) is 0. The Morgan fingerprint density at radius 2 is 1.77 bits per heavy atom. The number of halogens is 1. The van der Waals surface area contributed by atoms with Crippen molar-refractivity contribution >= 4 is 41.4 Å². The monoisotopic (exact) mass is 639 g/mol. The number of allylic oxidation sites excluding steroid dienone is 2. The van der Waals surface area contributed by atoms with Crippen molar-refractivity contribution in [3.63, 3.8) is 0 Å². The van der Waals surface area contributed by atoms with Crippen LogP contribution in [0.5, 0.6) is 11.6 Å². The number of aromatic nitrogens is 5. The second-order valence-corrected chi connectivity index (χ2v) is 11.3. The minimum Gasteiger partial charge on any atom is -0.436 e. The molecule has 1 fully saturated rings. The minimum absolute atomic E-state index is 0.106. The normalized spacial score (nSPS) is 12.9. The Morgan fingerprint density at radius 1 is 1.00 bits per heavy atom. The van der Waals surface area contributed by atoms with Crippen LogP contribution in [0.1, 0.15) is 38.6 Å². The van der Waals surface area contributed by atoms with Gasteiger partial charge in [0.2, 0.25) is 5.88 Å². The summed E-state index contributed by atoms with van der Waals surface area (Å²) in [6, 6.07) is 12.6. The number of ether oxygens (including phenoxy) is 1. The Kier molecular flexibility index (Phi) is 12.5. The number of hydrogen-bond donors (Lipinski definition) is 5. The predicted molar refractivity (Wildman–Crippen MR) is 191 cm³/mol. The number of nitrogens with one attached hydrogen (secondary N) is 5. The fourth-order valence-electron chi connectivity index (χ4n) is 4.77. The van der Waals surface area contributed by atoms with Crippen molar-refractivity contribution in [3.05, 3.63) is 94.5 Å². The molecule has 1 saturated heterocycles. The van der Waals surface area contributed by atoms with E-state index in [0.717, 1.165) is 65.9 Å². The maximum Gasteiger partial charge on any atom is 0.224 e. The zero-order chi connectivity index (χ0) is 33.8. The molecule has 0 saturated carbocycles. The molecule has 0 spiro atoms. The van der Waals surface area contributed by atoms with Crippen LogP contribution in [0.3, 0.4) is 0 Å². The fraction of sp³-hybridized carbons (Fsp3) is 0.306. The quantitative estimate of drug-likeness (QED) is 0.145. The first-order valence-corrected chi connectivity index (χ1v) is 15.8. The summed E-state index contributed by atoms with van der Waals surface area (Å²) in [4.78, 5) is 21.2. The molecule has 0 atom stereocenters. The SMILES string of the molecule is C/C=C(\C)NCCC.C=c1cc(C)[nH]c1=C.Cc1cc2c(F)c(Oc3cc(Nc4ccc(N5CCNCC5)cn4)ncn3)ccc2[nH]1. The van der Waals surface area contributed by atoms with Gasteiger partial charge in [-0.2, -0.15) is 0 Å². The molecule has 1 aliphatic rings. The average molecular weight is 640 g/mol. The van der Waals surface area contributed by atoms with Gasteiger partial charge in [0.1, 0.15) is 18.0 Å². The largest absolute Gasteiger partial charge is 0.436 e. The summed E-state index contributed by atoms with van der Waals surface area (Å²) in [5.41, 5.74) is 5.09. The molecule has 1 aromatic carbocycles.